The normalized spacial score (nSPS) is 32.5. The molecule has 0 bridgehead atoms. The van der Waals surface area contributed by atoms with Crippen molar-refractivity contribution in [2.75, 3.05) is 19.8 Å². The van der Waals surface area contributed by atoms with Gasteiger partial charge in [-0.1, -0.05) is 6.07 Å². The van der Waals surface area contributed by atoms with E-state index in [0.717, 1.165) is 44.6 Å². The number of fused-ring (bicyclic) bond motifs is 1. The zero-order valence-corrected chi connectivity index (χ0v) is 12.9. The Morgan fingerprint density at radius 3 is 3.00 bits per heavy atom. The van der Waals surface area contributed by atoms with E-state index in [1.807, 2.05) is 12.3 Å². The Kier molecular flexibility index (Phi) is 3.84. The summed E-state index contributed by atoms with van der Waals surface area (Å²) in [5.41, 5.74) is 1.12. The highest BCUT2D eigenvalue weighted by Crippen LogP contribution is 2.35. The average molecular weight is 301 g/mol. The molecule has 22 heavy (non-hydrogen) atoms. The van der Waals surface area contributed by atoms with E-state index in [0.29, 0.717) is 37.0 Å². The molecule has 4 heterocycles. The second-order valence-corrected chi connectivity index (χ2v) is 6.60. The van der Waals surface area contributed by atoms with E-state index in [2.05, 4.69) is 20.9 Å². The largest absolute Gasteiger partial charge is 0.380 e. The van der Waals surface area contributed by atoms with Gasteiger partial charge in [-0.25, -0.2) is 0 Å². The van der Waals surface area contributed by atoms with Gasteiger partial charge in [-0.15, -0.1) is 0 Å². The number of hydrogen-bond donors (Lipinski definition) is 0. The minimum atomic E-state index is 0.301. The quantitative estimate of drug-likeness (QED) is 0.847. The highest BCUT2D eigenvalue weighted by Gasteiger charge is 2.45. The number of ether oxygens (including phenoxy) is 1. The molecule has 5 heteroatoms. The predicted octanol–water partition coefficient (Wildman–Crippen LogP) is 1.44. The van der Waals surface area contributed by atoms with Crippen LogP contribution in [0.15, 0.2) is 24.5 Å². The first kappa shape index (κ1) is 14.2. The first-order valence-corrected chi connectivity index (χ1v) is 8.35. The van der Waals surface area contributed by atoms with Crippen LogP contribution in [-0.4, -0.2) is 58.6 Å². The fourth-order valence-corrected chi connectivity index (χ4v) is 4.31. The molecule has 3 atom stereocenters. The van der Waals surface area contributed by atoms with Crippen molar-refractivity contribution < 1.29 is 9.53 Å². The molecule has 0 aromatic carbocycles. The molecule has 3 saturated heterocycles. The van der Waals surface area contributed by atoms with Gasteiger partial charge in [-0.2, -0.15) is 0 Å². The Balaban J connectivity index is 1.51. The standard InChI is InChI=1S/C17H23N3O2/c21-17-4-3-15-16(5-8-19(15)14-6-9-22-12-14)20(17)11-13-2-1-7-18-10-13/h1-2,7,10,14-16H,3-6,8-9,11-12H2/t14-,15-,16-/m0/s1. The van der Waals surface area contributed by atoms with Gasteiger partial charge in [0.05, 0.1) is 6.61 Å². The lowest BCUT2D eigenvalue weighted by Gasteiger charge is -2.41. The molecular weight excluding hydrogens is 278 g/mol. The fourth-order valence-electron chi connectivity index (χ4n) is 4.31. The summed E-state index contributed by atoms with van der Waals surface area (Å²) >= 11 is 0. The van der Waals surface area contributed by atoms with E-state index in [9.17, 15) is 4.79 Å². The van der Waals surface area contributed by atoms with Crippen LogP contribution in [0.1, 0.15) is 31.2 Å². The monoisotopic (exact) mass is 301 g/mol. The number of amides is 1. The lowest BCUT2D eigenvalue weighted by molar-refractivity contribution is -0.138. The van der Waals surface area contributed by atoms with Crippen LogP contribution in [0.5, 0.6) is 0 Å². The molecule has 0 aliphatic carbocycles. The molecule has 3 aliphatic heterocycles. The maximum Gasteiger partial charge on any atom is 0.223 e. The zero-order chi connectivity index (χ0) is 14.9. The third-order valence-corrected chi connectivity index (χ3v) is 5.38. The minimum absolute atomic E-state index is 0.301. The summed E-state index contributed by atoms with van der Waals surface area (Å²) in [6.45, 7) is 3.54. The maximum absolute atomic E-state index is 12.4. The van der Waals surface area contributed by atoms with E-state index >= 15 is 0 Å². The Hall–Kier alpha value is -1.46. The predicted molar refractivity (Wildman–Crippen MR) is 82.1 cm³/mol. The number of likely N-dealkylation sites (tertiary alicyclic amines) is 2. The summed E-state index contributed by atoms with van der Waals surface area (Å²) in [5, 5.41) is 0. The van der Waals surface area contributed by atoms with Crippen LogP contribution in [0, 0.1) is 0 Å². The summed E-state index contributed by atoms with van der Waals surface area (Å²) in [6.07, 6.45) is 7.55. The Bertz CT molecular complexity index is 530. The van der Waals surface area contributed by atoms with E-state index in [4.69, 9.17) is 4.74 Å². The van der Waals surface area contributed by atoms with Crippen LogP contribution in [0.3, 0.4) is 0 Å². The molecule has 0 unspecified atom stereocenters. The van der Waals surface area contributed by atoms with E-state index in [-0.39, 0.29) is 0 Å². The molecule has 4 rings (SSSR count). The molecular formula is C17H23N3O2. The van der Waals surface area contributed by atoms with Crippen molar-refractivity contribution in [2.24, 2.45) is 0 Å². The molecule has 0 N–H and O–H groups in total. The summed E-state index contributed by atoms with van der Waals surface area (Å²) in [6, 6.07) is 5.44. The molecule has 0 radical (unpaired) electrons. The molecule has 5 nitrogen and oxygen atoms in total. The van der Waals surface area contributed by atoms with Crippen LogP contribution < -0.4 is 0 Å². The van der Waals surface area contributed by atoms with Gasteiger partial charge in [0.25, 0.3) is 0 Å². The zero-order valence-electron chi connectivity index (χ0n) is 12.9. The molecule has 1 amide bonds. The van der Waals surface area contributed by atoms with Crippen molar-refractivity contribution in [1.29, 1.82) is 0 Å². The van der Waals surface area contributed by atoms with Crippen LogP contribution in [0.25, 0.3) is 0 Å². The number of piperidine rings is 1. The second kappa shape index (κ2) is 5.97. The van der Waals surface area contributed by atoms with Crippen molar-refractivity contribution >= 4 is 5.91 Å². The third kappa shape index (κ3) is 2.52. The van der Waals surface area contributed by atoms with Gasteiger partial charge in [0.2, 0.25) is 5.91 Å². The smallest absolute Gasteiger partial charge is 0.223 e. The van der Waals surface area contributed by atoms with Gasteiger partial charge in [-0.05, 0) is 30.9 Å². The first-order valence-electron chi connectivity index (χ1n) is 8.35. The number of carbonyl (C=O) groups is 1. The van der Waals surface area contributed by atoms with Gasteiger partial charge >= 0.3 is 0 Å². The van der Waals surface area contributed by atoms with E-state index < -0.39 is 0 Å². The maximum atomic E-state index is 12.4. The number of nitrogens with zero attached hydrogens (tertiary/aromatic N) is 3. The Morgan fingerprint density at radius 1 is 1.27 bits per heavy atom. The number of carbonyl (C=O) groups excluding carboxylic acids is 1. The molecule has 3 fully saturated rings. The second-order valence-electron chi connectivity index (χ2n) is 6.60. The first-order chi connectivity index (χ1) is 10.8. The lowest BCUT2D eigenvalue weighted by Crippen LogP contribution is -2.53. The summed E-state index contributed by atoms with van der Waals surface area (Å²) < 4.78 is 5.56. The minimum Gasteiger partial charge on any atom is -0.380 e. The van der Waals surface area contributed by atoms with Gasteiger partial charge < -0.3 is 9.64 Å². The van der Waals surface area contributed by atoms with E-state index in [1.165, 1.54) is 0 Å². The number of rotatable bonds is 3. The van der Waals surface area contributed by atoms with Gasteiger partial charge in [0.1, 0.15) is 0 Å². The Labute approximate surface area is 131 Å². The van der Waals surface area contributed by atoms with Crippen LogP contribution >= 0.6 is 0 Å². The van der Waals surface area contributed by atoms with Crippen molar-refractivity contribution in [1.82, 2.24) is 14.8 Å². The molecule has 3 aliphatic rings. The highest BCUT2D eigenvalue weighted by molar-refractivity contribution is 5.77. The fraction of sp³-hybridized carbons (Fsp3) is 0.647. The van der Waals surface area contributed by atoms with Gasteiger partial charge in [0, 0.05) is 56.6 Å². The number of pyridine rings is 1. The lowest BCUT2D eigenvalue weighted by atomic mass is 9.95. The molecule has 1 aromatic rings. The van der Waals surface area contributed by atoms with Crippen molar-refractivity contribution in [3.05, 3.63) is 30.1 Å². The third-order valence-electron chi connectivity index (χ3n) is 5.38. The molecule has 0 spiro atoms. The van der Waals surface area contributed by atoms with Crippen molar-refractivity contribution in [3.8, 4) is 0 Å². The summed E-state index contributed by atoms with van der Waals surface area (Å²) in [5.74, 6) is 0.301. The average Bonchev–Trinajstić information content (AvgIpc) is 3.20. The van der Waals surface area contributed by atoms with Crippen LogP contribution in [-0.2, 0) is 16.1 Å². The number of aromatic nitrogens is 1. The molecule has 1 aromatic heterocycles. The molecule has 118 valence electrons. The summed E-state index contributed by atoms with van der Waals surface area (Å²) in [4.78, 5) is 21.3. The topological polar surface area (TPSA) is 45.7 Å². The van der Waals surface area contributed by atoms with Crippen molar-refractivity contribution in [2.45, 2.75) is 50.4 Å². The summed E-state index contributed by atoms with van der Waals surface area (Å²) in [7, 11) is 0. The Morgan fingerprint density at radius 2 is 2.23 bits per heavy atom. The number of hydrogen-bond acceptors (Lipinski definition) is 4. The van der Waals surface area contributed by atoms with Crippen molar-refractivity contribution in [3.63, 3.8) is 0 Å². The highest BCUT2D eigenvalue weighted by atomic mass is 16.5. The van der Waals surface area contributed by atoms with Gasteiger partial charge in [-0.3, -0.25) is 14.7 Å². The van der Waals surface area contributed by atoms with Crippen LogP contribution in [0.2, 0.25) is 0 Å². The molecule has 0 saturated carbocycles. The SMILES string of the molecule is O=C1CC[C@H]2[C@H](CCN2[C@H]2CCOC2)N1Cc1cccnc1. The van der Waals surface area contributed by atoms with Crippen LogP contribution in [0.4, 0.5) is 0 Å². The van der Waals surface area contributed by atoms with E-state index in [1.54, 1.807) is 6.20 Å². The van der Waals surface area contributed by atoms with Gasteiger partial charge in [0.15, 0.2) is 0 Å².